The fraction of sp³-hybridized carbons (Fsp3) is 0.533. The highest BCUT2D eigenvalue weighted by molar-refractivity contribution is 5.99. The van der Waals surface area contributed by atoms with E-state index in [1.165, 1.54) is 12.8 Å². The molecule has 0 saturated carbocycles. The van der Waals surface area contributed by atoms with Crippen LogP contribution in [0.25, 0.3) is 33.1 Å². The van der Waals surface area contributed by atoms with E-state index in [1.807, 2.05) is 19.9 Å². The number of nitrogens with one attached hydrogen (secondary N) is 2. The summed E-state index contributed by atoms with van der Waals surface area (Å²) in [5.74, 6) is 0.278. The van der Waals surface area contributed by atoms with E-state index in [9.17, 15) is 0 Å². The summed E-state index contributed by atoms with van der Waals surface area (Å²) in [7, 11) is 0. The summed E-state index contributed by atoms with van der Waals surface area (Å²) in [4.78, 5) is 19.2. The number of fused-ring (bicyclic) bond motifs is 5. The third-order valence-corrected chi connectivity index (χ3v) is 9.94. The van der Waals surface area contributed by atoms with Gasteiger partial charge in [-0.3, -0.25) is 15.0 Å². The Morgan fingerprint density at radius 2 is 1.82 bits per heavy atom. The van der Waals surface area contributed by atoms with E-state index in [0.717, 1.165) is 85.3 Å². The van der Waals surface area contributed by atoms with Crippen molar-refractivity contribution in [1.82, 2.24) is 35.4 Å². The first kappa shape index (κ1) is 24.4. The Hall–Kier alpha value is -3.37. The van der Waals surface area contributed by atoms with Crippen molar-refractivity contribution in [3.8, 4) is 17.3 Å². The zero-order valence-corrected chi connectivity index (χ0v) is 23.1. The van der Waals surface area contributed by atoms with Crippen LogP contribution in [0, 0.1) is 19.7 Å². The summed E-state index contributed by atoms with van der Waals surface area (Å²) >= 11 is 0. The van der Waals surface area contributed by atoms with Crippen molar-refractivity contribution in [2.45, 2.75) is 70.0 Å². The Kier molecular flexibility index (Phi) is 5.54. The SMILES string of the molecule is Cc1cc2[nH]ncc2c(-c2ncc3c(N4C[C@H]5CC[C@@H](C4)N5)nc(OCC45CCCN4CCC5)nc3c2F)c1C. The fourth-order valence-corrected chi connectivity index (χ4v) is 7.77. The number of pyridine rings is 1. The molecule has 0 unspecified atom stereocenters. The molecule has 10 heteroatoms. The lowest BCUT2D eigenvalue weighted by Gasteiger charge is -2.34. The number of rotatable bonds is 5. The van der Waals surface area contributed by atoms with E-state index in [-0.39, 0.29) is 22.8 Å². The molecule has 8 rings (SSSR count). The Balaban J connectivity index is 1.26. The van der Waals surface area contributed by atoms with Crippen LogP contribution in [0.2, 0.25) is 0 Å². The van der Waals surface area contributed by atoms with Crippen LogP contribution >= 0.6 is 0 Å². The molecule has 7 heterocycles. The Morgan fingerprint density at radius 3 is 2.60 bits per heavy atom. The predicted molar refractivity (Wildman–Crippen MR) is 152 cm³/mol. The number of aryl methyl sites for hydroxylation is 1. The van der Waals surface area contributed by atoms with Crippen LogP contribution in [0.1, 0.15) is 49.7 Å². The minimum Gasteiger partial charge on any atom is -0.461 e. The Morgan fingerprint density at radius 1 is 1.05 bits per heavy atom. The van der Waals surface area contributed by atoms with Crippen molar-refractivity contribution < 1.29 is 9.13 Å². The number of benzene rings is 1. The lowest BCUT2D eigenvalue weighted by molar-refractivity contribution is 0.108. The number of nitrogens with zero attached hydrogens (tertiary/aromatic N) is 6. The second-order valence-electron chi connectivity index (χ2n) is 12.3. The van der Waals surface area contributed by atoms with Crippen LogP contribution in [-0.4, -0.2) is 80.5 Å². The molecule has 4 fully saturated rings. The zero-order valence-electron chi connectivity index (χ0n) is 23.1. The summed E-state index contributed by atoms with van der Waals surface area (Å²) in [6, 6.07) is 3.13. The molecule has 0 amide bonds. The Bertz CT molecular complexity index is 1610. The van der Waals surface area contributed by atoms with Gasteiger partial charge in [0.2, 0.25) is 0 Å². The van der Waals surface area contributed by atoms with Crippen molar-refractivity contribution >= 4 is 27.6 Å². The first-order valence-corrected chi connectivity index (χ1v) is 14.7. The monoisotopic (exact) mass is 542 g/mol. The zero-order chi connectivity index (χ0) is 27.0. The topological polar surface area (TPSA) is 95.1 Å². The largest absolute Gasteiger partial charge is 0.461 e. The third-order valence-electron chi connectivity index (χ3n) is 9.94. The van der Waals surface area contributed by atoms with Gasteiger partial charge in [-0.2, -0.15) is 15.1 Å². The number of hydrogen-bond donors (Lipinski definition) is 2. The van der Waals surface area contributed by atoms with Crippen LogP contribution in [0.15, 0.2) is 18.5 Å². The minimum atomic E-state index is -0.443. The normalized spacial score (nSPS) is 23.9. The van der Waals surface area contributed by atoms with Gasteiger partial charge in [-0.05, 0) is 82.7 Å². The minimum absolute atomic E-state index is 0.0557. The third kappa shape index (κ3) is 3.72. The molecular weight excluding hydrogens is 507 g/mol. The van der Waals surface area contributed by atoms with Crippen molar-refractivity contribution in [3.05, 3.63) is 35.4 Å². The number of anilines is 1. The molecule has 4 aliphatic heterocycles. The number of ether oxygens (including phenoxy) is 1. The van der Waals surface area contributed by atoms with Crippen molar-refractivity contribution in [2.24, 2.45) is 0 Å². The number of H-pyrrole nitrogens is 1. The van der Waals surface area contributed by atoms with Gasteiger partial charge in [-0.1, -0.05) is 0 Å². The molecule has 9 nitrogen and oxygen atoms in total. The molecular formula is C30H35FN8O. The van der Waals surface area contributed by atoms with Gasteiger partial charge < -0.3 is 15.0 Å². The van der Waals surface area contributed by atoms with E-state index in [0.29, 0.717) is 24.1 Å². The lowest BCUT2D eigenvalue weighted by atomic mass is 9.95. The molecule has 40 heavy (non-hydrogen) atoms. The van der Waals surface area contributed by atoms with Crippen LogP contribution in [0.4, 0.5) is 10.2 Å². The average molecular weight is 543 g/mol. The highest BCUT2D eigenvalue weighted by atomic mass is 19.1. The maximum Gasteiger partial charge on any atom is 0.319 e. The molecule has 4 saturated heterocycles. The van der Waals surface area contributed by atoms with Gasteiger partial charge in [-0.15, -0.1) is 0 Å². The van der Waals surface area contributed by atoms with Gasteiger partial charge in [0.25, 0.3) is 0 Å². The fourth-order valence-electron chi connectivity index (χ4n) is 7.77. The van der Waals surface area contributed by atoms with E-state index in [4.69, 9.17) is 19.7 Å². The van der Waals surface area contributed by atoms with E-state index >= 15 is 4.39 Å². The second kappa shape index (κ2) is 9.07. The summed E-state index contributed by atoms with van der Waals surface area (Å²) in [6.07, 6.45) is 10.4. The number of piperazine rings is 1. The summed E-state index contributed by atoms with van der Waals surface area (Å²) in [5.41, 5.74) is 4.24. The highest BCUT2D eigenvalue weighted by Gasteiger charge is 2.45. The van der Waals surface area contributed by atoms with Gasteiger partial charge in [-0.25, -0.2) is 4.39 Å². The van der Waals surface area contributed by atoms with E-state index < -0.39 is 5.82 Å². The van der Waals surface area contributed by atoms with Crippen molar-refractivity contribution in [3.63, 3.8) is 0 Å². The maximum atomic E-state index is 16.7. The number of halogens is 1. The second-order valence-corrected chi connectivity index (χ2v) is 12.3. The number of aromatic nitrogens is 5. The summed E-state index contributed by atoms with van der Waals surface area (Å²) in [5, 5.41) is 12.4. The maximum absolute atomic E-state index is 16.7. The van der Waals surface area contributed by atoms with Crippen LogP contribution in [0.5, 0.6) is 6.01 Å². The Labute approximate surface area is 232 Å². The van der Waals surface area contributed by atoms with Crippen LogP contribution < -0.4 is 15.0 Å². The smallest absolute Gasteiger partial charge is 0.319 e. The highest BCUT2D eigenvalue weighted by Crippen LogP contribution is 2.40. The molecule has 4 aliphatic rings. The van der Waals surface area contributed by atoms with Gasteiger partial charge in [0, 0.05) is 42.3 Å². The number of aromatic amines is 1. The number of hydrogen-bond acceptors (Lipinski definition) is 8. The van der Waals surface area contributed by atoms with E-state index in [1.54, 1.807) is 12.4 Å². The quantitative estimate of drug-likeness (QED) is 0.386. The molecule has 4 aromatic rings. The van der Waals surface area contributed by atoms with Crippen LogP contribution in [-0.2, 0) is 0 Å². The molecule has 1 aromatic carbocycles. The average Bonchev–Trinajstić information content (AvgIpc) is 3.73. The first-order chi connectivity index (χ1) is 19.5. The molecule has 0 aliphatic carbocycles. The van der Waals surface area contributed by atoms with Gasteiger partial charge in [0.15, 0.2) is 5.82 Å². The van der Waals surface area contributed by atoms with E-state index in [2.05, 4.69) is 25.3 Å². The van der Waals surface area contributed by atoms with Crippen molar-refractivity contribution in [1.29, 1.82) is 0 Å². The van der Waals surface area contributed by atoms with Gasteiger partial charge in [0.05, 0.1) is 22.6 Å². The molecule has 208 valence electrons. The molecule has 0 radical (unpaired) electrons. The first-order valence-electron chi connectivity index (χ1n) is 14.7. The molecule has 2 bridgehead atoms. The van der Waals surface area contributed by atoms with Gasteiger partial charge >= 0.3 is 6.01 Å². The predicted octanol–water partition coefficient (Wildman–Crippen LogP) is 4.27. The standard InChI is InChI=1S/C30H35FN8O/c1-17-11-23-21(13-33-37-23)24(18(17)2)27-25(31)26-22(12-32-27)28(38-14-19-5-6-20(15-38)34-19)36-29(35-26)40-16-30-7-3-9-39(30)10-4-8-30/h11-13,19-20,34H,3-10,14-16H2,1-2H3,(H,33,37)/t19-,20+. The summed E-state index contributed by atoms with van der Waals surface area (Å²) < 4.78 is 23.1. The molecule has 2 atom stereocenters. The molecule has 3 aromatic heterocycles. The molecule has 0 spiro atoms. The van der Waals surface area contributed by atoms with Crippen molar-refractivity contribution in [2.75, 3.05) is 37.7 Å². The van der Waals surface area contributed by atoms with Crippen LogP contribution in [0.3, 0.4) is 0 Å². The van der Waals surface area contributed by atoms with Gasteiger partial charge in [0.1, 0.15) is 23.6 Å². The summed E-state index contributed by atoms with van der Waals surface area (Å²) in [6.45, 7) is 8.48. The lowest BCUT2D eigenvalue weighted by Crippen LogP contribution is -2.51. The molecule has 2 N–H and O–H groups in total.